The Kier molecular flexibility index (Phi) is 7.72. The van der Waals surface area contributed by atoms with Gasteiger partial charge in [-0.3, -0.25) is 0 Å². The van der Waals surface area contributed by atoms with E-state index in [0.717, 1.165) is 39.5 Å². The maximum absolute atomic E-state index is 11.4. The van der Waals surface area contributed by atoms with E-state index in [-0.39, 0.29) is 17.8 Å². The predicted octanol–water partition coefficient (Wildman–Crippen LogP) is 4.82. The number of carbonyl (C=O) groups excluding carboxylic acids is 1. The van der Waals surface area contributed by atoms with Crippen LogP contribution >= 0.6 is 11.3 Å². The minimum atomic E-state index is -0.000679. The lowest BCUT2D eigenvalue weighted by molar-refractivity contribution is -0.117. The van der Waals surface area contributed by atoms with Crippen LogP contribution in [0.1, 0.15) is 62.1 Å². The second kappa shape index (κ2) is 10.5. The van der Waals surface area contributed by atoms with Gasteiger partial charge in [-0.05, 0) is 57.2 Å². The molecule has 1 aromatic carbocycles. The first kappa shape index (κ1) is 22.9. The highest BCUT2D eigenvalue weighted by Crippen LogP contribution is 2.37. The van der Waals surface area contributed by atoms with Crippen molar-refractivity contribution in [1.82, 2.24) is 10.2 Å². The van der Waals surface area contributed by atoms with Crippen LogP contribution < -0.4 is 5.73 Å². The molecule has 0 aliphatic heterocycles. The Morgan fingerprint density at radius 1 is 1.39 bits per heavy atom. The molecule has 0 spiro atoms. The Bertz CT molecular complexity index is 1050. The number of benzene rings is 1. The van der Waals surface area contributed by atoms with Crippen molar-refractivity contribution >= 4 is 17.1 Å². The first-order valence-electron chi connectivity index (χ1n) is 10.5. The van der Waals surface area contributed by atoms with Gasteiger partial charge in [0.2, 0.25) is 0 Å². The molecular formula is C24H28N4O2S. The summed E-state index contributed by atoms with van der Waals surface area (Å²) in [7, 11) is 0. The maximum atomic E-state index is 11.4. The van der Waals surface area contributed by atoms with Crippen LogP contribution in [0.2, 0.25) is 0 Å². The fourth-order valence-electron chi connectivity index (χ4n) is 3.66. The second-order valence-electron chi connectivity index (χ2n) is 7.94. The van der Waals surface area contributed by atoms with Crippen molar-refractivity contribution in [1.29, 1.82) is 5.26 Å². The molecule has 1 aromatic heterocycles. The molecule has 2 N–H and O–H groups in total. The summed E-state index contributed by atoms with van der Waals surface area (Å²) in [4.78, 5) is 11.4. The van der Waals surface area contributed by atoms with Crippen LogP contribution in [0.5, 0.6) is 0 Å². The highest BCUT2D eigenvalue weighted by atomic mass is 32.1. The number of nitriles is 1. The molecule has 6 nitrogen and oxygen atoms in total. The molecule has 0 fully saturated rings. The second-order valence-corrected chi connectivity index (χ2v) is 8.95. The molecular weight excluding hydrogens is 408 g/mol. The van der Waals surface area contributed by atoms with Crippen molar-refractivity contribution in [2.75, 3.05) is 0 Å². The van der Waals surface area contributed by atoms with Crippen molar-refractivity contribution in [3.05, 3.63) is 57.8 Å². The molecule has 0 amide bonds. The summed E-state index contributed by atoms with van der Waals surface area (Å²) in [5, 5.41) is 20.1. The number of allylic oxidation sites excluding steroid dienone is 3. The molecule has 1 aliphatic rings. The molecule has 3 rings (SSSR count). The van der Waals surface area contributed by atoms with Crippen LogP contribution in [0.4, 0.5) is 0 Å². The number of ether oxygens (including phenoxy) is 1. The number of nitrogens with two attached hydrogens (primary N) is 1. The first-order valence-corrected chi connectivity index (χ1v) is 11.4. The van der Waals surface area contributed by atoms with E-state index in [1.54, 1.807) is 6.92 Å². The summed E-state index contributed by atoms with van der Waals surface area (Å²) in [5.74, 6) is 0.831. The maximum Gasteiger partial charge on any atom is 0.148 e. The van der Waals surface area contributed by atoms with E-state index in [0.29, 0.717) is 30.7 Å². The molecule has 31 heavy (non-hydrogen) atoms. The lowest BCUT2D eigenvalue weighted by Crippen LogP contribution is -2.09. The van der Waals surface area contributed by atoms with Crippen LogP contribution in [-0.2, 0) is 22.5 Å². The third-order valence-corrected chi connectivity index (χ3v) is 6.22. The van der Waals surface area contributed by atoms with Crippen molar-refractivity contribution in [2.45, 2.75) is 65.0 Å². The van der Waals surface area contributed by atoms with Crippen LogP contribution in [0.15, 0.2) is 41.7 Å². The zero-order valence-electron chi connectivity index (χ0n) is 18.2. The van der Waals surface area contributed by atoms with E-state index >= 15 is 0 Å². The molecule has 2 aromatic rings. The summed E-state index contributed by atoms with van der Waals surface area (Å²) in [6.45, 7) is 5.95. The summed E-state index contributed by atoms with van der Waals surface area (Å²) in [5.41, 5.74) is 9.84. The van der Waals surface area contributed by atoms with E-state index in [9.17, 15) is 10.1 Å². The largest absolute Gasteiger partial charge is 0.490 e. The third kappa shape index (κ3) is 5.66. The lowest BCUT2D eigenvalue weighted by Gasteiger charge is -2.19. The van der Waals surface area contributed by atoms with Crippen molar-refractivity contribution < 1.29 is 9.53 Å². The smallest absolute Gasteiger partial charge is 0.148 e. The van der Waals surface area contributed by atoms with Gasteiger partial charge in [-0.25, -0.2) is 0 Å². The van der Waals surface area contributed by atoms with Gasteiger partial charge in [0.25, 0.3) is 0 Å². The summed E-state index contributed by atoms with van der Waals surface area (Å²) < 4.78 is 5.75. The number of Topliss-reactive ketones (excluding diaryl/α,β-unsaturated/α-hetero) is 1. The van der Waals surface area contributed by atoms with E-state index in [1.165, 1.54) is 11.3 Å². The van der Waals surface area contributed by atoms with Crippen molar-refractivity contribution in [3.63, 3.8) is 0 Å². The average Bonchev–Trinajstić information content (AvgIpc) is 3.23. The van der Waals surface area contributed by atoms with Gasteiger partial charge in [0.1, 0.15) is 21.6 Å². The molecule has 162 valence electrons. The Morgan fingerprint density at radius 3 is 2.87 bits per heavy atom. The highest BCUT2D eigenvalue weighted by Gasteiger charge is 2.24. The Hall–Kier alpha value is -2.82. The topological polar surface area (TPSA) is 102 Å². The molecule has 1 unspecified atom stereocenters. The van der Waals surface area contributed by atoms with Gasteiger partial charge in [0.15, 0.2) is 0 Å². The molecule has 1 aliphatic carbocycles. The zero-order valence-corrected chi connectivity index (χ0v) is 19.0. The van der Waals surface area contributed by atoms with Gasteiger partial charge in [-0.15, -0.1) is 10.2 Å². The molecule has 1 heterocycles. The fraction of sp³-hybridized carbons (Fsp3) is 0.417. The van der Waals surface area contributed by atoms with Gasteiger partial charge in [0, 0.05) is 24.4 Å². The van der Waals surface area contributed by atoms with Gasteiger partial charge >= 0.3 is 0 Å². The minimum absolute atomic E-state index is 0.000679. The third-order valence-electron chi connectivity index (χ3n) is 5.14. The normalized spacial score (nSPS) is 15.9. The monoisotopic (exact) mass is 436 g/mol. The number of ketones is 1. The summed E-state index contributed by atoms with van der Waals surface area (Å²) in [6, 6.07) is 8.32. The minimum Gasteiger partial charge on any atom is -0.490 e. The zero-order chi connectivity index (χ0) is 22.4. The Labute approximate surface area is 187 Å². The van der Waals surface area contributed by atoms with Crippen molar-refractivity contribution in [3.8, 4) is 16.6 Å². The average molecular weight is 437 g/mol. The van der Waals surface area contributed by atoms with E-state index in [4.69, 9.17) is 10.5 Å². The quantitative estimate of drug-likeness (QED) is 0.604. The molecule has 7 heteroatoms. The fourth-order valence-corrected chi connectivity index (χ4v) is 4.63. The van der Waals surface area contributed by atoms with Gasteiger partial charge < -0.3 is 15.3 Å². The number of hydrogen-bond donors (Lipinski definition) is 1. The van der Waals surface area contributed by atoms with Crippen LogP contribution in [0.25, 0.3) is 10.6 Å². The van der Waals surface area contributed by atoms with Gasteiger partial charge in [-0.1, -0.05) is 35.6 Å². The van der Waals surface area contributed by atoms with Crippen molar-refractivity contribution in [2.24, 2.45) is 5.73 Å². The molecule has 0 bridgehead atoms. The standard InChI is InChI=1S/C24H28N4O2S/c1-15(2)30-22-11-10-17(12-19(22)14-26)23-27-28-24(31-23)21-9-5-7-18(13-25)20(21)8-4-6-16(3)29/h5,7,9-11,15,17H,4,6,8,12-13,25H2,1-3H3. The number of carbonyl (C=O) groups is 1. The predicted molar refractivity (Wildman–Crippen MR) is 122 cm³/mol. The number of rotatable bonds is 9. The molecule has 0 saturated carbocycles. The molecule has 1 atom stereocenters. The lowest BCUT2D eigenvalue weighted by atomic mass is 9.94. The van der Waals surface area contributed by atoms with Crippen LogP contribution in [0.3, 0.4) is 0 Å². The number of hydrogen-bond acceptors (Lipinski definition) is 7. The number of nitrogens with zero attached hydrogens (tertiary/aromatic N) is 3. The van der Waals surface area contributed by atoms with Gasteiger partial charge in [0.05, 0.1) is 17.7 Å². The van der Waals surface area contributed by atoms with Crippen LogP contribution in [-0.4, -0.2) is 22.1 Å². The van der Waals surface area contributed by atoms with E-state index in [1.807, 2.05) is 44.2 Å². The number of aromatic nitrogens is 2. The van der Waals surface area contributed by atoms with E-state index in [2.05, 4.69) is 16.3 Å². The van der Waals surface area contributed by atoms with E-state index < -0.39 is 0 Å². The summed E-state index contributed by atoms with van der Waals surface area (Å²) in [6.07, 6.45) is 6.59. The SMILES string of the molecule is CC(=O)CCCc1c(CN)cccc1-c1nnc(C2C=CC(OC(C)C)=C(C#N)C2)s1. The Balaban J connectivity index is 1.85. The van der Waals surface area contributed by atoms with Gasteiger partial charge in [-0.2, -0.15) is 5.26 Å². The highest BCUT2D eigenvalue weighted by molar-refractivity contribution is 7.14. The molecule has 0 saturated heterocycles. The molecule has 0 radical (unpaired) electrons. The Morgan fingerprint density at radius 2 is 2.19 bits per heavy atom. The van der Waals surface area contributed by atoms with Crippen LogP contribution in [0, 0.1) is 11.3 Å². The summed E-state index contributed by atoms with van der Waals surface area (Å²) >= 11 is 1.54. The first-order chi connectivity index (χ1) is 14.9.